The van der Waals surface area contributed by atoms with Crippen molar-refractivity contribution in [3.8, 4) is 0 Å². The molecule has 4 aromatic carbocycles. The number of hydrogen-bond acceptors (Lipinski definition) is 2. The highest BCUT2D eigenvalue weighted by Gasteiger charge is 2.58. The fraction of sp³-hybridized carbons (Fsp3) is 0. The Labute approximate surface area is 225 Å². The summed E-state index contributed by atoms with van der Waals surface area (Å²) in [5.41, 5.74) is 0. The summed E-state index contributed by atoms with van der Waals surface area (Å²) >= 11 is 0. The van der Waals surface area contributed by atoms with Gasteiger partial charge < -0.3 is 0 Å². The SMILES string of the molecule is c1ccc([Si]2(c3ccccc3)c3cccnc3[Si](c3ccccc3)(c3ccccc3)c3ncccc32)cc1. The van der Waals surface area contributed by atoms with Gasteiger partial charge in [0.15, 0.2) is 8.07 Å². The predicted molar refractivity (Wildman–Crippen MR) is 163 cm³/mol. The van der Waals surface area contributed by atoms with Gasteiger partial charge >= 0.3 is 0 Å². The molecule has 0 N–H and O–H groups in total. The molecule has 6 aromatic rings. The van der Waals surface area contributed by atoms with Crippen molar-refractivity contribution >= 4 is 57.9 Å². The van der Waals surface area contributed by atoms with Crippen LogP contribution in [0.1, 0.15) is 0 Å². The first kappa shape index (κ1) is 22.8. The number of fused-ring (bicyclic) bond motifs is 2. The van der Waals surface area contributed by atoms with Crippen LogP contribution in [0.15, 0.2) is 158 Å². The van der Waals surface area contributed by atoms with Crippen LogP contribution >= 0.6 is 0 Å². The molecule has 0 bridgehead atoms. The van der Waals surface area contributed by atoms with Crippen molar-refractivity contribution in [3.05, 3.63) is 158 Å². The fourth-order valence-corrected chi connectivity index (χ4v) is 18.1. The number of hydrogen-bond donors (Lipinski definition) is 0. The van der Waals surface area contributed by atoms with E-state index < -0.39 is 16.1 Å². The smallest absolute Gasteiger partial charge is 0.222 e. The second kappa shape index (κ2) is 9.17. The molecule has 0 unspecified atom stereocenters. The third-order valence-corrected chi connectivity index (χ3v) is 17.9. The Morgan fingerprint density at radius 1 is 0.316 bits per heavy atom. The van der Waals surface area contributed by atoms with Gasteiger partial charge in [-0.25, -0.2) is 0 Å². The van der Waals surface area contributed by atoms with Gasteiger partial charge in [-0.2, -0.15) is 0 Å². The predicted octanol–water partition coefficient (Wildman–Crippen LogP) is 1.54. The molecule has 0 saturated carbocycles. The summed E-state index contributed by atoms with van der Waals surface area (Å²) in [5, 5.41) is 10.5. The molecule has 7 rings (SSSR count). The highest BCUT2D eigenvalue weighted by atomic mass is 28.3. The lowest BCUT2D eigenvalue weighted by atomic mass is 10.3. The first-order valence-electron chi connectivity index (χ1n) is 13.0. The number of benzene rings is 4. The molecule has 0 aliphatic carbocycles. The van der Waals surface area contributed by atoms with E-state index in [2.05, 4.69) is 146 Å². The van der Waals surface area contributed by atoms with E-state index in [-0.39, 0.29) is 0 Å². The van der Waals surface area contributed by atoms with Crippen molar-refractivity contribution in [1.82, 2.24) is 9.97 Å². The average molecular weight is 519 g/mol. The van der Waals surface area contributed by atoms with Gasteiger partial charge in [0, 0.05) is 23.0 Å². The maximum atomic E-state index is 5.33. The van der Waals surface area contributed by atoms with E-state index in [4.69, 9.17) is 9.97 Å². The van der Waals surface area contributed by atoms with Crippen LogP contribution in [0.25, 0.3) is 0 Å². The van der Waals surface area contributed by atoms with Crippen LogP contribution < -0.4 is 41.8 Å². The lowest BCUT2D eigenvalue weighted by molar-refractivity contribution is 1.35. The number of aromatic nitrogens is 2. The van der Waals surface area contributed by atoms with Gasteiger partial charge in [-0.3, -0.25) is 9.97 Å². The Balaban J connectivity index is 1.73. The third-order valence-electron chi connectivity index (χ3n) is 7.96. The number of rotatable bonds is 4. The summed E-state index contributed by atoms with van der Waals surface area (Å²) in [5.74, 6) is 0. The number of nitrogens with zero attached hydrogens (tertiary/aromatic N) is 2. The Morgan fingerprint density at radius 2 is 0.632 bits per heavy atom. The number of pyridine rings is 2. The summed E-state index contributed by atoms with van der Waals surface area (Å²) in [7, 11) is -5.54. The Morgan fingerprint density at radius 3 is 0.974 bits per heavy atom. The van der Waals surface area contributed by atoms with E-state index in [9.17, 15) is 0 Å². The van der Waals surface area contributed by atoms with Crippen molar-refractivity contribution in [2.24, 2.45) is 0 Å². The van der Waals surface area contributed by atoms with E-state index in [1.165, 1.54) is 41.8 Å². The maximum Gasteiger partial charge on any atom is 0.222 e. The van der Waals surface area contributed by atoms with Crippen LogP contribution in [0, 0.1) is 0 Å². The molecule has 1 aliphatic rings. The molecule has 0 atom stereocenters. The molecule has 180 valence electrons. The monoisotopic (exact) mass is 518 g/mol. The molecule has 3 heterocycles. The standard InChI is InChI=1S/C34H26N2Si2/c1-5-15-27(16-6-1)37(28-17-7-2-8-18-28)31-23-13-25-35-33(31)38(29-19-9-3-10-20-29,30-21-11-4-12-22-30)34-32(37)24-14-26-36-34/h1-26H. The van der Waals surface area contributed by atoms with Crippen molar-refractivity contribution in [2.45, 2.75) is 0 Å². The van der Waals surface area contributed by atoms with Crippen molar-refractivity contribution in [2.75, 3.05) is 0 Å². The van der Waals surface area contributed by atoms with Crippen LogP contribution in [0.5, 0.6) is 0 Å². The van der Waals surface area contributed by atoms with E-state index >= 15 is 0 Å². The highest BCUT2D eigenvalue weighted by molar-refractivity contribution is 7.32. The summed E-state index contributed by atoms with van der Waals surface area (Å²) in [6, 6.07) is 53.1. The van der Waals surface area contributed by atoms with Gasteiger partial charge in [0.1, 0.15) is 0 Å². The van der Waals surface area contributed by atoms with Crippen molar-refractivity contribution < 1.29 is 0 Å². The average Bonchev–Trinajstić information content (AvgIpc) is 3.02. The largest absolute Gasteiger partial charge is 0.265 e. The van der Waals surface area contributed by atoms with Gasteiger partial charge in [0.25, 0.3) is 0 Å². The van der Waals surface area contributed by atoms with Crippen molar-refractivity contribution in [1.29, 1.82) is 0 Å². The fourth-order valence-electron chi connectivity index (χ4n) is 6.53. The lowest BCUT2D eigenvalue weighted by Crippen LogP contribution is -2.94. The van der Waals surface area contributed by atoms with Crippen LogP contribution in [-0.4, -0.2) is 26.1 Å². The van der Waals surface area contributed by atoms with Crippen LogP contribution in [-0.2, 0) is 0 Å². The Bertz CT molecular complexity index is 1450. The molecule has 0 fully saturated rings. The molecular weight excluding hydrogens is 493 g/mol. The lowest BCUT2D eigenvalue weighted by Gasteiger charge is -2.46. The molecule has 0 spiro atoms. The van der Waals surface area contributed by atoms with E-state index in [1.807, 2.05) is 12.4 Å². The minimum Gasteiger partial charge on any atom is -0.265 e. The third kappa shape index (κ3) is 3.11. The topological polar surface area (TPSA) is 25.8 Å². The summed E-state index contributed by atoms with van der Waals surface area (Å²) < 4.78 is 0. The first-order chi connectivity index (χ1) is 18.9. The second-order valence-electron chi connectivity index (χ2n) is 9.76. The van der Waals surface area contributed by atoms with Crippen LogP contribution in [0.3, 0.4) is 0 Å². The van der Waals surface area contributed by atoms with Crippen LogP contribution in [0.4, 0.5) is 0 Å². The normalized spacial score (nSPS) is 14.7. The molecule has 0 amide bonds. The minimum absolute atomic E-state index is 1.21. The zero-order chi connectivity index (χ0) is 25.4. The van der Waals surface area contributed by atoms with Gasteiger partial charge in [-0.15, -0.1) is 0 Å². The minimum atomic E-state index is -2.82. The summed E-state index contributed by atoms with van der Waals surface area (Å²) in [6.07, 6.45) is 3.96. The summed E-state index contributed by atoms with van der Waals surface area (Å²) in [4.78, 5) is 10.7. The zero-order valence-electron chi connectivity index (χ0n) is 20.9. The van der Waals surface area contributed by atoms with E-state index in [1.54, 1.807) is 0 Å². The molecule has 1 aliphatic heterocycles. The van der Waals surface area contributed by atoms with E-state index in [0.29, 0.717) is 0 Å². The quantitative estimate of drug-likeness (QED) is 0.331. The van der Waals surface area contributed by atoms with Gasteiger partial charge in [-0.05, 0) is 43.3 Å². The molecule has 38 heavy (non-hydrogen) atoms. The summed E-state index contributed by atoms with van der Waals surface area (Å²) in [6.45, 7) is 0. The van der Waals surface area contributed by atoms with Gasteiger partial charge in [0.2, 0.25) is 8.07 Å². The molecule has 0 radical (unpaired) electrons. The highest BCUT2D eigenvalue weighted by Crippen LogP contribution is 2.16. The van der Waals surface area contributed by atoms with Gasteiger partial charge in [0.05, 0.1) is 0 Å². The molecule has 0 saturated heterocycles. The molecular formula is C34H26N2Si2. The second-order valence-corrected chi connectivity index (χ2v) is 17.1. The van der Waals surface area contributed by atoms with Crippen LogP contribution in [0.2, 0.25) is 0 Å². The van der Waals surface area contributed by atoms with E-state index in [0.717, 1.165) is 0 Å². The molecule has 4 heteroatoms. The van der Waals surface area contributed by atoms with Gasteiger partial charge in [-0.1, -0.05) is 133 Å². The molecule has 2 nitrogen and oxygen atoms in total. The first-order valence-corrected chi connectivity index (χ1v) is 17.0. The maximum absolute atomic E-state index is 5.33. The Hall–Kier alpha value is -4.39. The molecule has 2 aromatic heterocycles. The Kier molecular flexibility index (Phi) is 5.50. The van der Waals surface area contributed by atoms with Crippen molar-refractivity contribution in [3.63, 3.8) is 0 Å². The zero-order valence-corrected chi connectivity index (χ0v) is 22.9.